The fourth-order valence-corrected chi connectivity index (χ4v) is 3.07. The molecule has 0 spiro atoms. The first kappa shape index (κ1) is 17.7. The number of nitrogens with two attached hydrogens (primary N) is 1. The van der Waals surface area contributed by atoms with Gasteiger partial charge in [-0.2, -0.15) is 0 Å². The van der Waals surface area contributed by atoms with E-state index in [9.17, 15) is 9.90 Å². The number of hydrogen-bond donors (Lipinski definition) is 3. The summed E-state index contributed by atoms with van der Waals surface area (Å²) in [6.07, 6.45) is 6.72. The van der Waals surface area contributed by atoms with Crippen LogP contribution in [0.25, 0.3) is 0 Å². The SMILES string of the molecule is CC(C)(C)Nc1ncc(C(N)=O)c(C[C@@H]2CCCC[C@H](O)C2)n1. The van der Waals surface area contributed by atoms with Gasteiger partial charge in [0.05, 0.1) is 17.4 Å². The maximum Gasteiger partial charge on any atom is 0.252 e. The minimum absolute atomic E-state index is 0.163. The Kier molecular flexibility index (Phi) is 5.57. The molecule has 1 aliphatic rings. The first-order valence-electron chi connectivity index (χ1n) is 8.36. The molecule has 2 atom stereocenters. The molecule has 0 unspecified atom stereocenters. The van der Waals surface area contributed by atoms with Crippen LogP contribution in [-0.4, -0.2) is 32.6 Å². The fraction of sp³-hybridized carbons (Fsp3) is 0.706. The van der Waals surface area contributed by atoms with Gasteiger partial charge in [-0.1, -0.05) is 12.8 Å². The first-order valence-corrected chi connectivity index (χ1v) is 8.36. The number of rotatable bonds is 4. The highest BCUT2D eigenvalue weighted by Gasteiger charge is 2.22. The Labute approximate surface area is 137 Å². The monoisotopic (exact) mass is 320 g/mol. The van der Waals surface area contributed by atoms with Crippen LogP contribution < -0.4 is 11.1 Å². The van der Waals surface area contributed by atoms with E-state index in [2.05, 4.69) is 15.3 Å². The average Bonchev–Trinajstić information content (AvgIpc) is 2.61. The van der Waals surface area contributed by atoms with E-state index in [-0.39, 0.29) is 11.6 Å². The van der Waals surface area contributed by atoms with Crippen molar-refractivity contribution in [1.29, 1.82) is 0 Å². The third-order valence-electron chi connectivity index (χ3n) is 4.11. The Morgan fingerprint density at radius 1 is 1.39 bits per heavy atom. The molecule has 1 fully saturated rings. The summed E-state index contributed by atoms with van der Waals surface area (Å²) in [5.41, 5.74) is 6.36. The summed E-state index contributed by atoms with van der Waals surface area (Å²) < 4.78 is 0. The molecule has 0 aromatic carbocycles. The molecule has 0 bridgehead atoms. The van der Waals surface area contributed by atoms with Gasteiger partial charge in [-0.05, 0) is 52.4 Å². The molecule has 2 rings (SSSR count). The zero-order valence-corrected chi connectivity index (χ0v) is 14.3. The van der Waals surface area contributed by atoms with Crippen LogP contribution in [-0.2, 0) is 6.42 Å². The second-order valence-electron chi connectivity index (χ2n) is 7.54. The number of aromatic nitrogens is 2. The lowest BCUT2D eigenvalue weighted by molar-refractivity contribution is 0.0998. The van der Waals surface area contributed by atoms with E-state index >= 15 is 0 Å². The number of anilines is 1. The van der Waals surface area contributed by atoms with Crippen molar-refractivity contribution in [3.8, 4) is 0 Å². The van der Waals surface area contributed by atoms with Gasteiger partial charge in [-0.3, -0.25) is 4.79 Å². The van der Waals surface area contributed by atoms with Gasteiger partial charge in [0.1, 0.15) is 0 Å². The summed E-state index contributed by atoms with van der Waals surface area (Å²) in [5, 5.41) is 13.2. The van der Waals surface area contributed by atoms with E-state index in [1.54, 1.807) is 0 Å². The minimum Gasteiger partial charge on any atom is -0.393 e. The van der Waals surface area contributed by atoms with Gasteiger partial charge in [-0.25, -0.2) is 9.97 Å². The number of carbonyl (C=O) groups is 1. The summed E-state index contributed by atoms with van der Waals surface area (Å²) in [4.78, 5) is 20.4. The van der Waals surface area contributed by atoms with Gasteiger partial charge in [0.25, 0.3) is 5.91 Å². The number of aliphatic hydroxyl groups is 1. The molecule has 4 N–H and O–H groups in total. The second-order valence-corrected chi connectivity index (χ2v) is 7.54. The molecule has 1 aromatic rings. The van der Waals surface area contributed by atoms with Gasteiger partial charge in [0.15, 0.2) is 0 Å². The molecule has 6 nitrogen and oxygen atoms in total. The van der Waals surface area contributed by atoms with E-state index in [1.165, 1.54) is 6.20 Å². The number of primary amides is 1. The van der Waals surface area contributed by atoms with Crippen molar-refractivity contribution in [2.24, 2.45) is 11.7 Å². The standard InChI is InChI=1S/C17H28N4O2/c1-17(2,3)21-16-19-10-13(15(18)23)14(20-16)9-11-6-4-5-7-12(22)8-11/h10-12,22H,4-9H2,1-3H3,(H2,18,23)(H,19,20,21)/t11-,12+/m1/s1. The second kappa shape index (κ2) is 7.25. The molecule has 23 heavy (non-hydrogen) atoms. The van der Waals surface area contributed by atoms with Crippen LogP contribution in [0.4, 0.5) is 5.95 Å². The van der Waals surface area contributed by atoms with Crippen molar-refractivity contribution in [3.05, 3.63) is 17.5 Å². The average molecular weight is 320 g/mol. The van der Waals surface area contributed by atoms with Gasteiger partial charge in [-0.15, -0.1) is 0 Å². The molecule has 128 valence electrons. The lowest BCUT2D eigenvalue weighted by atomic mass is 9.92. The molecule has 1 saturated carbocycles. The minimum atomic E-state index is -0.503. The molecule has 1 aromatic heterocycles. The summed E-state index contributed by atoms with van der Waals surface area (Å²) in [6, 6.07) is 0. The van der Waals surface area contributed by atoms with Crippen LogP contribution in [0, 0.1) is 5.92 Å². The molecule has 0 aliphatic heterocycles. The number of hydrogen-bond acceptors (Lipinski definition) is 5. The van der Waals surface area contributed by atoms with Crippen LogP contribution in [0.2, 0.25) is 0 Å². The number of carbonyl (C=O) groups excluding carboxylic acids is 1. The molecule has 1 amide bonds. The van der Waals surface area contributed by atoms with Gasteiger partial charge < -0.3 is 16.2 Å². The zero-order chi connectivity index (χ0) is 17.0. The predicted octanol–water partition coefficient (Wildman–Crippen LogP) is 2.27. The van der Waals surface area contributed by atoms with E-state index < -0.39 is 5.91 Å². The van der Waals surface area contributed by atoms with Crippen LogP contribution in [0.5, 0.6) is 0 Å². The first-order chi connectivity index (χ1) is 10.7. The molecular weight excluding hydrogens is 292 g/mol. The van der Waals surface area contributed by atoms with Crippen molar-refractivity contribution in [1.82, 2.24) is 9.97 Å². The van der Waals surface area contributed by atoms with Crippen molar-refractivity contribution in [2.45, 2.75) is 70.9 Å². The van der Waals surface area contributed by atoms with Crippen LogP contribution in [0.1, 0.15) is 68.9 Å². The summed E-state index contributed by atoms with van der Waals surface area (Å²) >= 11 is 0. The third-order valence-corrected chi connectivity index (χ3v) is 4.11. The van der Waals surface area contributed by atoms with Crippen LogP contribution >= 0.6 is 0 Å². The van der Waals surface area contributed by atoms with Crippen LogP contribution in [0.3, 0.4) is 0 Å². The quantitative estimate of drug-likeness (QED) is 0.739. The molecular formula is C17H28N4O2. The zero-order valence-electron chi connectivity index (χ0n) is 14.3. The Balaban J connectivity index is 2.22. The van der Waals surface area contributed by atoms with Crippen molar-refractivity contribution in [3.63, 3.8) is 0 Å². The molecule has 0 saturated heterocycles. The Bertz CT molecular complexity index is 554. The Hall–Kier alpha value is -1.69. The largest absolute Gasteiger partial charge is 0.393 e. The van der Waals surface area contributed by atoms with Gasteiger partial charge >= 0.3 is 0 Å². The number of amides is 1. The smallest absolute Gasteiger partial charge is 0.252 e. The summed E-state index contributed by atoms with van der Waals surface area (Å²) in [5.74, 6) is 0.325. The van der Waals surface area contributed by atoms with E-state index in [0.29, 0.717) is 29.5 Å². The fourth-order valence-electron chi connectivity index (χ4n) is 3.07. The van der Waals surface area contributed by atoms with Gasteiger partial charge in [0, 0.05) is 11.7 Å². The Morgan fingerprint density at radius 3 is 2.74 bits per heavy atom. The van der Waals surface area contributed by atoms with E-state index in [4.69, 9.17) is 5.73 Å². The summed E-state index contributed by atoms with van der Waals surface area (Å²) in [6.45, 7) is 6.08. The topological polar surface area (TPSA) is 101 Å². The lowest BCUT2D eigenvalue weighted by Crippen LogP contribution is -2.28. The predicted molar refractivity (Wildman–Crippen MR) is 90.2 cm³/mol. The number of aliphatic hydroxyl groups excluding tert-OH is 1. The van der Waals surface area contributed by atoms with Crippen molar-refractivity contribution >= 4 is 11.9 Å². The number of nitrogens with one attached hydrogen (secondary N) is 1. The maximum absolute atomic E-state index is 11.7. The van der Waals surface area contributed by atoms with E-state index in [1.807, 2.05) is 20.8 Å². The molecule has 6 heteroatoms. The van der Waals surface area contributed by atoms with Crippen molar-refractivity contribution < 1.29 is 9.90 Å². The molecule has 1 heterocycles. The highest BCUT2D eigenvalue weighted by Crippen LogP contribution is 2.27. The normalized spacial score (nSPS) is 22.4. The van der Waals surface area contributed by atoms with E-state index in [0.717, 1.165) is 32.1 Å². The lowest BCUT2D eigenvalue weighted by Gasteiger charge is -2.22. The summed E-state index contributed by atoms with van der Waals surface area (Å²) in [7, 11) is 0. The third kappa shape index (κ3) is 5.46. The maximum atomic E-state index is 11.7. The van der Waals surface area contributed by atoms with Gasteiger partial charge in [0.2, 0.25) is 5.95 Å². The molecule has 0 radical (unpaired) electrons. The van der Waals surface area contributed by atoms with Crippen LogP contribution in [0.15, 0.2) is 6.20 Å². The Morgan fingerprint density at radius 2 is 2.09 bits per heavy atom. The van der Waals surface area contributed by atoms with Crippen molar-refractivity contribution in [2.75, 3.05) is 5.32 Å². The number of nitrogens with zero attached hydrogens (tertiary/aromatic N) is 2. The highest BCUT2D eigenvalue weighted by molar-refractivity contribution is 5.93. The molecule has 1 aliphatic carbocycles. The highest BCUT2D eigenvalue weighted by atomic mass is 16.3.